The number of unbranched alkanes of at least 4 members (excludes halogenated alkanes) is 34. The number of carbonyl (C=O) groups excluding carboxylic acids is 3. The predicted molar refractivity (Wildman–Crippen MR) is 275 cm³/mol. The van der Waals surface area contributed by atoms with Gasteiger partial charge in [-0.15, -0.1) is 0 Å². The zero-order valence-corrected chi connectivity index (χ0v) is 42.8. The SMILES string of the molecule is CCCCC/C=C\C/C=C\CCCCCCCCCC(=O)OCC(COC(=O)CCCCCCCCCCCCCCCC)OC(=O)CCCCCCCCC/C=C\CCCCCC. The molecular weight excluding hydrogens is 793 g/mol. The molecule has 64 heavy (non-hydrogen) atoms. The summed E-state index contributed by atoms with van der Waals surface area (Å²) < 4.78 is 16.9. The Labute approximate surface area is 397 Å². The van der Waals surface area contributed by atoms with Crippen LogP contribution in [0.1, 0.15) is 297 Å². The van der Waals surface area contributed by atoms with Crippen LogP contribution in [0.3, 0.4) is 0 Å². The minimum atomic E-state index is -0.774. The zero-order valence-electron chi connectivity index (χ0n) is 42.8. The summed E-state index contributed by atoms with van der Waals surface area (Å²) >= 11 is 0. The monoisotopic (exact) mass is 899 g/mol. The zero-order chi connectivity index (χ0) is 46.5. The predicted octanol–water partition coefficient (Wildman–Crippen LogP) is 18.5. The highest BCUT2D eigenvalue weighted by atomic mass is 16.6. The number of esters is 3. The lowest BCUT2D eigenvalue weighted by molar-refractivity contribution is -0.167. The molecule has 374 valence electrons. The van der Waals surface area contributed by atoms with E-state index in [1.54, 1.807) is 0 Å². The molecule has 0 aliphatic rings. The highest BCUT2D eigenvalue weighted by Crippen LogP contribution is 2.16. The van der Waals surface area contributed by atoms with Crippen LogP contribution in [0.5, 0.6) is 0 Å². The normalized spacial score (nSPS) is 12.2. The van der Waals surface area contributed by atoms with Gasteiger partial charge in [0.15, 0.2) is 6.10 Å². The van der Waals surface area contributed by atoms with Crippen molar-refractivity contribution < 1.29 is 28.6 Å². The van der Waals surface area contributed by atoms with Crippen molar-refractivity contribution in [2.45, 2.75) is 303 Å². The Morgan fingerprint density at radius 3 is 0.922 bits per heavy atom. The number of ether oxygens (including phenoxy) is 3. The van der Waals surface area contributed by atoms with E-state index in [2.05, 4.69) is 57.2 Å². The Morgan fingerprint density at radius 2 is 0.562 bits per heavy atom. The molecule has 1 atom stereocenters. The fourth-order valence-electron chi connectivity index (χ4n) is 8.12. The summed E-state index contributed by atoms with van der Waals surface area (Å²) in [5, 5.41) is 0. The number of carbonyl (C=O) groups is 3. The third-order valence-electron chi connectivity index (χ3n) is 12.4. The molecule has 0 bridgehead atoms. The second-order valence-corrected chi connectivity index (χ2v) is 18.8. The molecule has 1 unspecified atom stereocenters. The molecule has 0 amide bonds. The maximum absolute atomic E-state index is 12.8. The molecule has 0 heterocycles. The van der Waals surface area contributed by atoms with E-state index in [9.17, 15) is 14.4 Å². The van der Waals surface area contributed by atoms with Crippen molar-refractivity contribution in [2.24, 2.45) is 0 Å². The van der Waals surface area contributed by atoms with Gasteiger partial charge in [-0.2, -0.15) is 0 Å². The molecule has 6 nitrogen and oxygen atoms in total. The number of hydrogen-bond donors (Lipinski definition) is 0. The standard InChI is InChI=1S/C58H106O6/c1-4-7-10-13-16-19-22-25-28-29-31-33-36-39-42-45-48-51-57(60)63-54-55(53-62-56(59)50-47-44-41-38-35-32-27-24-21-18-15-12-9-6-3)64-58(61)52-49-46-43-40-37-34-30-26-23-20-17-14-11-8-5-2/h16,19-20,23,25,28,55H,4-15,17-18,21-22,24,26-27,29-54H2,1-3H3/b19-16-,23-20-,28-25-. The quantitative estimate of drug-likeness (QED) is 0.0262. The fourth-order valence-corrected chi connectivity index (χ4v) is 8.12. The summed E-state index contributed by atoms with van der Waals surface area (Å²) in [5.74, 6) is -0.871. The van der Waals surface area contributed by atoms with Gasteiger partial charge in [-0.05, 0) is 77.0 Å². The summed E-state index contributed by atoms with van der Waals surface area (Å²) in [4.78, 5) is 38.1. The van der Waals surface area contributed by atoms with Gasteiger partial charge in [0, 0.05) is 19.3 Å². The number of hydrogen-bond acceptors (Lipinski definition) is 6. The summed E-state index contributed by atoms with van der Waals surface area (Å²) in [6.07, 6.45) is 62.6. The van der Waals surface area contributed by atoms with Gasteiger partial charge in [0.2, 0.25) is 0 Å². The second-order valence-electron chi connectivity index (χ2n) is 18.8. The molecule has 0 N–H and O–H groups in total. The molecule has 0 aliphatic heterocycles. The van der Waals surface area contributed by atoms with Gasteiger partial charge < -0.3 is 14.2 Å². The highest BCUT2D eigenvalue weighted by Gasteiger charge is 2.19. The van der Waals surface area contributed by atoms with E-state index in [0.717, 1.165) is 70.6 Å². The second kappa shape index (κ2) is 53.2. The molecule has 0 aliphatic carbocycles. The van der Waals surface area contributed by atoms with Crippen LogP contribution in [0, 0.1) is 0 Å². The van der Waals surface area contributed by atoms with Crippen LogP contribution in [0.15, 0.2) is 36.5 Å². The van der Waals surface area contributed by atoms with E-state index in [1.165, 1.54) is 186 Å². The molecule has 6 heteroatoms. The van der Waals surface area contributed by atoms with Crippen LogP contribution in [0.2, 0.25) is 0 Å². The average molecular weight is 899 g/mol. The Morgan fingerprint density at radius 1 is 0.312 bits per heavy atom. The van der Waals surface area contributed by atoms with Crippen molar-refractivity contribution in [3.8, 4) is 0 Å². The summed E-state index contributed by atoms with van der Waals surface area (Å²) in [5.41, 5.74) is 0. The van der Waals surface area contributed by atoms with Gasteiger partial charge in [-0.25, -0.2) is 0 Å². The van der Waals surface area contributed by atoms with Gasteiger partial charge in [0.1, 0.15) is 13.2 Å². The minimum Gasteiger partial charge on any atom is -0.462 e. The summed E-state index contributed by atoms with van der Waals surface area (Å²) in [7, 11) is 0. The van der Waals surface area contributed by atoms with Crippen LogP contribution < -0.4 is 0 Å². The number of allylic oxidation sites excluding steroid dienone is 6. The van der Waals surface area contributed by atoms with Crippen molar-refractivity contribution in [3.63, 3.8) is 0 Å². The smallest absolute Gasteiger partial charge is 0.306 e. The van der Waals surface area contributed by atoms with E-state index in [4.69, 9.17) is 14.2 Å². The van der Waals surface area contributed by atoms with Crippen LogP contribution in [0.25, 0.3) is 0 Å². The molecule has 0 radical (unpaired) electrons. The lowest BCUT2D eigenvalue weighted by Crippen LogP contribution is -2.30. The van der Waals surface area contributed by atoms with Crippen molar-refractivity contribution >= 4 is 17.9 Å². The Bertz CT molecular complexity index is 1080. The Kier molecular flexibility index (Phi) is 51.3. The molecule has 0 fully saturated rings. The van der Waals surface area contributed by atoms with E-state index in [-0.39, 0.29) is 31.1 Å². The van der Waals surface area contributed by atoms with Gasteiger partial charge in [-0.3, -0.25) is 14.4 Å². The molecule has 0 aromatic rings. The molecule has 0 spiro atoms. The maximum atomic E-state index is 12.8. The maximum Gasteiger partial charge on any atom is 0.306 e. The third-order valence-corrected chi connectivity index (χ3v) is 12.4. The molecule has 0 aromatic carbocycles. The summed E-state index contributed by atoms with van der Waals surface area (Å²) in [6.45, 7) is 6.62. The van der Waals surface area contributed by atoms with Crippen LogP contribution >= 0.6 is 0 Å². The van der Waals surface area contributed by atoms with Crippen LogP contribution in [-0.4, -0.2) is 37.2 Å². The molecule has 0 rings (SSSR count). The molecule has 0 saturated carbocycles. The van der Waals surface area contributed by atoms with Gasteiger partial charge in [-0.1, -0.05) is 237 Å². The van der Waals surface area contributed by atoms with Gasteiger partial charge >= 0.3 is 17.9 Å². The van der Waals surface area contributed by atoms with E-state index >= 15 is 0 Å². The van der Waals surface area contributed by atoms with Crippen molar-refractivity contribution in [3.05, 3.63) is 36.5 Å². The van der Waals surface area contributed by atoms with E-state index in [0.29, 0.717) is 19.3 Å². The van der Waals surface area contributed by atoms with Crippen molar-refractivity contribution in [1.29, 1.82) is 0 Å². The number of rotatable bonds is 51. The minimum absolute atomic E-state index is 0.0729. The first-order chi connectivity index (χ1) is 31.5. The van der Waals surface area contributed by atoms with Crippen LogP contribution in [-0.2, 0) is 28.6 Å². The van der Waals surface area contributed by atoms with Gasteiger partial charge in [0.05, 0.1) is 0 Å². The molecule has 0 saturated heterocycles. The largest absolute Gasteiger partial charge is 0.462 e. The van der Waals surface area contributed by atoms with E-state index < -0.39 is 6.10 Å². The first-order valence-corrected chi connectivity index (χ1v) is 28.0. The first kappa shape index (κ1) is 61.6. The third kappa shape index (κ3) is 50.6. The van der Waals surface area contributed by atoms with E-state index in [1.807, 2.05) is 0 Å². The fraction of sp³-hybridized carbons (Fsp3) is 0.845. The Hall–Kier alpha value is -2.37. The lowest BCUT2D eigenvalue weighted by atomic mass is 10.0. The Balaban J connectivity index is 4.36. The molecule has 0 aromatic heterocycles. The van der Waals surface area contributed by atoms with Crippen LogP contribution in [0.4, 0.5) is 0 Å². The topological polar surface area (TPSA) is 78.9 Å². The van der Waals surface area contributed by atoms with Gasteiger partial charge in [0.25, 0.3) is 0 Å². The first-order valence-electron chi connectivity index (χ1n) is 28.0. The molecular formula is C58H106O6. The van der Waals surface area contributed by atoms with Crippen molar-refractivity contribution in [1.82, 2.24) is 0 Å². The van der Waals surface area contributed by atoms with Crippen molar-refractivity contribution in [2.75, 3.05) is 13.2 Å². The highest BCUT2D eigenvalue weighted by molar-refractivity contribution is 5.71. The summed E-state index contributed by atoms with van der Waals surface area (Å²) in [6, 6.07) is 0. The average Bonchev–Trinajstić information content (AvgIpc) is 3.29. The lowest BCUT2D eigenvalue weighted by Gasteiger charge is -2.18.